The summed E-state index contributed by atoms with van der Waals surface area (Å²) in [6.45, 7) is 3.99. The Balaban J connectivity index is 1.89. The zero-order valence-corrected chi connectivity index (χ0v) is 12.7. The predicted molar refractivity (Wildman–Crippen MR) is 81.3 cm³/mol. The van der Waals surface area contributed by atoms with Crippen molar-refractivity contribution in [1.82, 2.24) is 14.6 Å². The van der Waals surface area contributed by atoms with Crippen LogP contribution in [0.3, 0.4) is 0 Å². The zero-order chi connectivity index (χ0) is 15.0. The number of hydrogen-bond acceptors (Lipinski definition) is 5. The highest BCUT2D eigenvalue weighted by atomic mass is 32.1. The minimum absolute atomic E-state index is 0.292. The van der Waals surface area contributed by atoms with E-state index in [1.807, 2.05) is 19.9 Å². The molecule has 2 heterocycles. The van der Waals surface area contributed by atoms with Crippen LogP contribution in [-0.4, -0.2) is 27.6 Å². The number of nitrogens with one attached hydrogen (secondary N) is 1. The summed E-state index contributed by atoms with van der Waals surface area (Å²) in [7, 11) is 1.53. The van der Waals surface area contributed by atoms with Gasteiger partial charge in [0, 0.05) is 4.88 Å². The van der Waals surface area contributed by atoms with Crippen LogP contribution in [0.5, 0.6) is 5.75 Å². The SMILES string of the molecule is COc1ccccc1C(=O)Nc1nc2sc(C)c(C)n2n1. The van der Waals surface area contributed by atoms with Crippen LogP contribution in [0.2, 0.25) is 0 Å². The number of aryl methyl sites for hydroxylation is 2. The molecular formula is C14H14N4O2S. The van der Waals surface area contributed by atoms with E-state index >= 15 is 0 Å². The smallest absolute Gasteiger partial charge is 0.261 e. The van der Waals surface area contributed by atoms with Crippen LogP contribution in [0.4, 0.5) is 5.95 Å². The molecule has 2 aromatic heterocycles. The van der Waals surface area contributed by atoms with E-state index in [1.54, 1.807) is 34.1 Å². The van der Waals surface area contributed by atoms with Crippen molar-refractivity contribution in [2.75, 3.05) is 12.4 Å². The van der Waals surface area contributed by atoms with Gasteiger partial charge in [0.2, 0.25) is 4.96 Å². The molecule has 0 saturated carbocycles. The van der Waals surface area contributed by atoms with E-state index in [2.05, 4.69) is 15.4 Å². The zero-order valence-electron chi connectivity index (χ0n) is 11.9. The summed E-state index contributed by atoms with van der Waals surface area (Å²) in [5, 5.41) is 7.00. The minimum atomic E-state index is -0.292. The van der Waals surface area contributed by atoms with E-state index in [-0.39, 0.29) is 5.91 Å². The van der Waals surface area contributed by atoms with Crippen LogP contribution in [-0.2, 0) is 0 Å². The van der Waals surface area contributed by atoms with Gasteiger partial charge in [0.15, 0.2) is 0 Å². The Morgan fingerprint density at radius 1 is 1.33 bits per heavy atom. The van der Waals surface area contributed by atoms with Crippen molar-refractivity contribution >= 4 is 28.2 Å². The largest absolute Gasteiger partial charge is 0.496 e. The van der Waals surface area contributed by atoms with Crippen LogP contribution in [0, 0.1) is 13.8 Å². The summed E-state index contributed by atoms with van der Waals surface area (Å²) in [4.78, 5) is 18.5. The van der Waals surface area contributed by atoms with Gasteiger partial charge in [-0.25, -0.2) is 4.52 Å². The number of carbonyl (C=O) groups is 1. The van der Waals surface area contributed by atoms with Gasteiger partial charge in [0.1, 0.15) is 5.75 Å². The quantitative estimate of drug-likeness (QED) is 0.807. The summed E-state index contributed by atoms with van der Waals surface area (Å²) in [6.07, 6.45) is 0. The van der Waals surface area contributed by atoms with Gasteiger partial charge in [-0.15, -0.1) is 5.10 Å². The van der Waals surface area contributed by atoms with Gasteiger partial charge in [-0.05, 0) is 26.0 Å². The summed E-state index contributed by atoms with van der Waals surface area (Å²) < 4.78 is 6.91. The summed E-state index contributed by atoms with van der Waals surface area (Å²) in [6, 6.07) is 7.03. The second-order valence-electron chi connectivity index (χ2n) is 4.53. The number of para-hydroxylation sites is 1. The summed E-state index contributed by atoms with van der Waals surface area (Å²) in [5.41, 5.74) is 1.48. The van der Waals surface area contributed by atoms with Crippen LogP contribution >= 0.6 is 11.3 Å². The molecule has 0 fully saturated rings. The standard InChI is InChI=1S/C14H14N4O2S/c1-8-9(2)21-14-16-13(17-18(8)14)15-12(19)10-6-4-5-7-11(10)20-3/h4-7H,1-3H3,(H,15,17,19). The third kappa shape index (κ3) is 2.36. The number of amides is 1. The lowest BCUT2D eigenvalue weighted by atomic mass is 10.2. The molecule has 6 nitrogen and oxygen atoms in total. The van der Waals surface area contributed by atoms with Gasteiger partial charge in [0.25, 0.3) is 11.9 Å². The first kappa shape index (κ1) is 13.6. The Morgan fingerprint density at radius 3 is 2.81 bits per heavy atom. The number of anilines is 1. The van der Waals surface area contributed by atoms with E-state index in [9.17, 15) is 4.79 Å². The van der Waals surface area contributed by atoms with Gasteiger partial charge in [-0.3, -0.25) is 10.1 Å². The second-order valence-corrected chi connectivity index (χ2v) is 5.71. The molecule has 0 atom stereocenters. The highest BCUT2D eigenvalue weighted by molar-refractivity contribution is 7.17. The highest BCUT2D eigenvalue weighted by Gasteiger charge is 2.16. The maximum Gasteiger partial charge on any atom is 0.261 e. The Labute approximate surface area is 125 Å². The topological polar surface area (TPSA) is 68.5 Å². The molecule has 0 spiro atoms. The molecule has 0 saturated heterocycles. The Bertz CT molecular complexity index is 822. The van der Waals surface area contributed by atoms with Gasteiger partial charge in [-0.2, -0.15) is 4.98 Å². The van der Waals surface area contributed by atoms with Crippen LogP contribution in [0.15, 0.2) is 24.3 Å². The maximum atomic E-state index is 12.3. The number of aromatic nitrogens is 3. The average molecular weight is 302 g/mol. The number of benzene rings is 1. The van der Waals surface area contributed by atoms with Crippen molar-refractivity contribution in [2.24, 2.45) is 0 Å². The number of nitrogens with zero attached hydrogens (tertiary/aromatic N) is 3. The van der Waals surface area contributed by atoms with Crippen molar-refractivity contribution in [3.05, 3.63) is 40.4 Å². The summed E-state index contributed by atoms with van der Waals surface area (Å²) in [5.74, 6) is 0.517. The fourth-order valence-electron chi connectivity index (χ4n) is 2.00. The van der Waals surface area contributed by atoms with Crippen LogP contribution in [0.25, 0.3) is 4.96 Å². The molecule has 1 amide bonds. The number of fused-ring (bicyclic) bond motifs is 1. The molecule has 0 bridgehead atoms. The third-order valence-electron chi connectivity index (χ3n) is 3.23. The summed E-state index contributed by atoms with van der Waals surface area (Å²) >= 11 is 1.54. The molecule has 0 aliphatic rings. The van der Waals surface area contributed by atoms with E-state index in [0.29, 0.717) is 17.3 Å². The highest BCUT2D eigenvalue weighted by Crippen LogP contribution is 2.22. The molecule has 7 heteroatoms. The number of rotatable bonds is 3. The molecule has 0 aliphatic carbocycles. The monoisotopic (exact) mass is 302 g/mol. The van der Waals surface area contributed by atoms with Crippen molar-refractivity contribution in [1.29, 1.82) is 0 Å². The van der Waals surface area contributed by atoms with E-state index < -0.39 is 0 Å². The first-order valence-electron chi connectivity index (χ1n) is 6.37. The normalized spacial score (nSPS) is 10.8. The molecule has 3 rings (SSSR count). The molecule has 108 valence electrons. The Kier molecular flexibility index (Phi) is 3.34. The fraction of sp³-hybridized carbons (Fsp3) is 0.214. The van der Waals surface area contributed by atoms with Gasteiger partial charge >= 0.3 is 0 Å². The Morgan fingerprint density at radius 2 is 2.10 bits per heavy atom. The lowest BCUT2D eigenvalue weighted by molar-refractivity contribution is 0.102. The number of hydrogen-bond donors (Lipinski definition) is 1. The second kappa shape index (κ2) is 5.17. The first-order chi connectivity index (χ1) is 10.1. The van der Waals surface area contributed by atoms with Crippen molar-refractivity contribution in [2.45, 2.75) is 13.8 Å². The lowest BCUT2D eigenvalue weighted by Crippen LogP contribution is -2.14. The number of carbonyl (C=O) groups excluding carboxylic acids is 1. The molecular weight excluding hydrogens is 288 g/mol. The first-order valence-corrected chi connectivity index (χ1v) is 7.19. The van der Waals surface area contributed by atoms with Gasteiger partial charge in [-0.1, -0.05) is 23.5 Å². The maximum absolute atomic E-state index is 12.3. The number of methoxy groups -OCH3 is 1. The van der Waals surface area contributed by atoms with Gasteiger partial charge < -0.3 is 4.74 Å². The van der Waals surface area contributed by atoms with Crippen LogP contribution in [0.1, 0.15) is 20.9 Å². The van der Waals surface area contributed by atoms with E-state index in [1.165, 1.54) is 7.11 Å². The Hall–Kier alpha value is -2.41. The fourth-order valence-corrected chi connectivity index (χ4v) is 2.90. The lowest BCUT2D eigenvalue weighted by Gasteiger charge is -2.06. The molecule has 0 aliphatic heterocycles. The molecule has 1 N–H and O–H groups in total. The third-order valence-corrected chi connectivity index (χ3v) is 4.27. The number of thiazole rings is 1. The molecule has 1 aromatic carbocycles. The van der Waals surface area contributed by atoms with Crippen molar-refractivity contribution in [3.8, 4) is 5.75 Å². The number of ether oxygens (including phenoxy) is 1. The van der Waals surface area contributed by atoms with Gasteiger partial charge in [0.05, 0.1) is 18.4 Å². The van der Waals surface area contributed by atoms with Crippen molar-refractivity contribution < 1.29 is 9.53 Å². The molecule has 0 radical (unpaired) electrons. The molecule has 21 heavy (non-hydrogen) atoms. The average Bonchev–Trinajstić information content (AvgIpc) is 2.98. The van der Waals surface area contributed by atoms with Crippen LogP contribution < -0.4 is 10.1 Å². The minimum Gasteiger partial charge on any atom is -0.496 e. The van der Waals surface area contributed by atoms with E-state index in [4.69, 9.17) is 4.74 Å². The molecule has 3 aromatic rings. The molecule has 0 unspecified atom stereocenters. The van der Waals surface area contributed by atoms with E-state index in [0.717, 1.165) is 15.5 Å². The van der Waals surface area contributed by atoms with Crippen molar-refractivity contribution in [3.63, 3.8) is 0 Å². The predicted octanol–water partition coefficient (Wildman–Crippen LogP) is 2.67.